The third-order valence-corrected chi connectivity index (χ3v) is 4.91. The number of carbonyl (C=O) groups excluding carboxylic acids is 1. The summed E-state index contributed by atoms with van der Waals surface area (Å²) in [5.41, 5.74) is 0.305. The molecule has 5 nitrogen and oxygen atoms in total. The van der Waals surface area contributed by atoms with Crippen molar-refractivity contribution < 1.29 is 17.6 Å². The lowest BCUT2D eigenvalue weighted by molar-refractivity contribution is -0.121. The highest BCUT2D eigenvalue weighted by Crippen LogP contribution is 2.26. The minimum absolute atomic E-state index is 0.106. The Labute approximate surface area is 130 Å². The topological polar surface area (TPSA) is 57.7 Å². The summed E-state index contributed by atoms with van der Waals surface area (Å²) in [6.07, 6.45) is 2.30. The highest BCUT2D eigenvalue weighted by Gasteiger charge is 2.35. The molecule has 122 valence electrons. The second kappa shape index (κ2) is 6.75. The molecule has 0 aromatic heterocycles. The van der Waals surface area contributed by atoms with Crippen molar-refractivity contribution in [3.63, 3.8) is 0 Å². The SMILES string of the molecule is CN(CCCS(C)(=O)=O)[C@@H]1CCN(c2ccccc2F)C1=O. The number of para-hydroxylation sites is 1. The van der Waals surface area contributed by atoms with Gasteiger partial charge in [0.15, 0.2) is 0 Å². The van der Waals surface area contributed by atoms with Crippen LogP contribution in [0.5, 0.6) is 0 Å². The summed E-state index contributed by atoms with van der Waals surface area (Å²) in [5.74, 6) is -0.432. The molecule has 2 rings (SSSR count). The zero-order valence-corrected chi connectivity index (χ0v) is 13.6. The van der Waals surface area contributed by atoms with Gasteiger partial charge in [-0.25, -0.2) is 12.8 Å². The Hall–Kier alpha value is -1.47. The van der Waals surface area contributed by atoms with Crippen LogP contribution in [0.1, 0.15) is 12.8 Å². The van der Waals surface area contributed by atoms with Gasteiger partial charge in [-0.05, 0) is 38.6 Å². The average Bonchev–Trinajstić information content (AvgIpc) is 2.79. The summed E-state index contributed by atoms with van der Waals surface area (Å²) >= 11 is 0. The Morgan fingerprint density at radius 2 is 2.05 bits per heavy atom. The van der Waals surface area contributed by atoms with Crippen molar-refractivity contribution in [3.05, 3.63) is 30.1 Å². The molecule has 0 spiro atoms. The lowest BCUT2D eigenvalue weighted by Gasteiger charge is -2.23. The van der Waals surface area contributed by atoms with E-state index in [1.807, 2.05) is 4.90 Å². The molecule has 1 heterocycles. The van der Waals surface area contributed by atoms with E-state index in [0.29, 0.717) is 31.6 Å². The van der Waals surface area contributed by atoms with Gasteiger partial charge in [0.2, 0.25) is 5.91 Å². The number of anilines is 1. The summed E-state index contributed by atoms with van der Waals surface area (Å²) in [6, 6.07) is 5.91. The molecule has 1 aliphatic heterocycles. The molecule has 0 radical (unpaired) electrons. The normalized spacial score (nSPS) is 19.2. The summed E-state index contributed by atoms with van der Waals surface area (Å²) in [5, 5.41) is 0. The highest BCUT2D eigenvalue weighted by atomic mass is 32.2. The quantitative estimate of drug-likeness (QED) is 0.790. The summed E-state index contributed by atoms with van der Waals surface area (Å²) < 4.78 is 36.1. The number of sulfone groups is 1. The molecule has 0 unspecified atom stereocenters. The lowest BCUT2D eigenvalue weighted by atomic mass is 10.2. The number of nitrogens with zero attached hydrogens (tertiary/aromatic N) is 2. The lowest BCUT2D eigenvalue weighted by Crippen LogP contribution is -2.40. The van der Waals surface area contributed by atoms with E-state index in [4.69, 9.17) is 0 Å². The number of amides is 1. The van der Waals surface area contributed by atoms with Gasteiger partial charge in [-0.3, -0.25) is 9.69 Å². The van der Waals surface area contributed by atoms with Gasteiger partial charge in [0.25, 0.3) is 0 Å². The van der Waals surface area contributed by atoms with Crippen molar-refractivity contribution in [2.45, 2.75) is 18.9 Å². The number of rotatable bonds is 6. The van der Waals surface area contributed by atoms with E-state index in [9.17, 15) is 17.6 Å². The van der Waals surface area contributed by atoms with Crippen molar-refractivity contribution in [3.8, 4) is 0 Å². The van der Waals surface area contributed by atoms with Gasteiger partial charge in [0, 0.05) is 12.8 Å². The van der Waals surface area contributed by atoms with Crippen molar-refractivity contribution in [1.29, 1.82) is 0 Å². The first kappa shape index (κ1) is 16.9. The van der Waals surface area contributed by atoms with Gasteiger partial charge >= 0.3 is 0 Å². The predicted molar refractivity (Wildman–Crippen MR) is 84.1 cm³/mol. The van der Waals surface area contributed by atoms with Crippen LogP contribution in [-0.2, 0) is 14.6 Å². The Morgan fingerprint density at radius 1 is 1.36 bits per heavy atom. The Morgan fingerprint density at radius 3 is 2.68 bits per heavy atom. The van der Waals surface area contributed by atoms with Crippen molar-refractivity contribution in [2.75, 3.05) is 37.0 Å². The number of hydrogen-bond donors (Lipinski definition) is 0. The fraction of sp³-hybridized carbons (Fsp3) is 0.533. The molecule has 0 saturated carbocycles. The van der Waals surface area contributed by atoms with Crippen LogP contribution < -0.4 is 4.90 Å². The fourth-order valence-corrected chi connectivity index (χ4v) is 3.37. The summed E-state index contributed by atoms with van der Waals surface area (Å²) in [7, 11) is -1.19. The monoisotopic (exact) mass is 328 g/mol. The largest absolute Gasteiger partial charge is 0.308 e. The number of carbonyl (C=O) groups is 1. The number of halogens is 1. The van der Waals surface area contributed by atoms with E-state index in [1.165, 1.54) is 17.2 Å². The third kappa shape index (κ3) is 4.04. The first-order valence-corrected chi connectivity index (χ1v) is 9.29. The fourth-order valence-electron chi connectivity index (χ4n) is 2.72. The van der Waals surface area contributed by atoms with Gasteiger partial charge in [0.1, 0.15) is 15.7 Å². The van der Waals surface area contributed by atoms with E-state index in [-0.39, 0.29) is 17.7 Å². The second-order valence-corrected chi connectivity index (χ2v) is 7.97. The molecule has 1 aromatic carbocycles. The van der Waals surface area contributed by atoms with Gasteiger partial charge in [0.05, 0.1) is 17.5 Å². The first-order chi connectivity index (χ1) is 10.3. The second-order valence-electron chi connectivity index (χ2n) is 5.71. The van der Waals surface area contributed by atoms with Crippen molar-refractivity contribution in [2.24, 2.45) is 0 Å². The maximum Gasteiger partial charge on any atom is 0.244 e. The van der Waals surface area contributed by atoms with E-state index in [2.05, 4.69) is 0 Å². The molecular weight excluding hydrogens is 307 g/mol. The van der Waals surface area contributed by atoms with Crippen molar-refractivity contribution in [1.82, 2.24) is 4.90 Å². The van der Waals surface area contributed by atoms with Gasteiger partial charge < -0.3 is 4.90 Å². The van der Waals surface area contributed by atoms with Gasteiger partial charge in [-0.2, -0.15) is 0 Å². The van der Waals surface area contributed by atoms with Crippen LogP contribution in [-0.4, -0.2) is 57.4 Å². The van der Waals surface area contributed by atoms with E-state index in [1.54, 1.807) is 25.2 Å². The van der Waals surface area contributed by atoms with E-state index >= 15 is 0 Å². The predicted octanol–water partition coefficient (Wildman–Crippen LogP) is 1.30. The molecule has 0 aliphatic carbocycles. The van der Waals surface area contributed by atoms with Crippen LogP contribution in [0.4, 0.5) is 10.1 Å². The molecule has 0 bridgehead atoms. The number of benzene rings is 1. The minimum Gasteiger partial charge on any atom is -0.308 e. The molecular formula is C15H21FN2O3S. The standard InChI is InChI=1S/C15H21FN2O3S/c1-17(9-5-11-22(2,20)21)14-8-10-18(15(14)19)13-7-4-3-6-12(13)16/h3-4,6-7,14H,5,8-11H2,1-2H3/t14-/m1/s1. The van der Waals surface area contributed by atoms with Crippen molar-refractivity contribution >= 4 is 21.4 Å². The molecule has 1 aliphatic rings. The smallest absolute Gasteiger partial charge is 0.244 e. The Bertz CT molecular complexity index is 648. The minimum atomic E-state index is -2.99. The Kier molecular flexibility index (Phi) is 5.18. The summed E-state index contributed by atoms with van der Waals surface area (Å²) in [6.45, 7) is 0.995. The van der Waals surface area contributed by atoms with Crippen LogP contribution in [0.2, 0.25) is 0 Å². The molecule has 0 N–H and O–H groups in total. The molecule has 1 amide bonds. The molecule has 1 fully saturated rings. The van der Waals surface area contributed by atoms with Crippen LogP contribution >= 0.6 is 0 Å². The molecule has 1 saturated heterocycles. The number of likely N-dealkylation sites (N-methyl/N-ethyl adjacent to an activating group) is 1. The molecule has 1 aromatic rings. The van der Waals surface area contributed by atoms with Crippen LogP contribution in [0.3, 0.4) is 0 Å². The number of hydrogen-bond acceptors (Lipinski definition) is 4. The Balaban J connectivity index is 1.98. The first-order valence-electron chi connectivity index (χ1n) is 7.23. The zero-order valence-electron chi connectivity index (χ0n) is 12.8. The van der Waals surface area contributed by atoms with E-state index < -0.39 is 15.7 Å². The average molecular weight is 328 g/mol. The van der Waals surface area contributed by atoms with Crippen LogP contribution in [0.15, 0.2) is 24.3 Å². The van der Waals surface area contributed by atoms with Crippen LogP contribution in [0, 0.1) is 5.82 Å². The van der Waals surface area contributed by atoms with Gasteiger partial charge in [-0.15, -0.1) is 0 Å². The van der Waals surface area contributed by atoms with E-state index in [0.717, 1.165) is 0 Å². The summed E-state index contributed by atoms with van der Waals surface area (Å²) in [4.78, 5) is 15.8. The van der Waals surface area contributed by atoms with Crippen LogP contribution in [0.25, 0.3) is 0 Å². The molecule has 7 heteroatoms. The molecule has 1 atom stereocenters. The highest BCUT2D eigenvalue weighted by molar-refractivity contribution is 7.90. The van der Waals surface area contributed by atoms with Gasteiger partial charge in [-0.1, -0.05) is 12.1 Å². The third-order valence-electron chi connectivity index (χ3n) is 3.88. The molecule has 22 heavy (non-hydrogen) atoms. The zero-order chi connectivity index (χ0) is 16.3. The maximum atomic E-state index is 13.8. The maximum absolute atomic E-state index is 13.8.